The quantitative estimate of drug-likeness (QED) is 0.539. The second kappa shape index (κ2) is 12.3. The summed E-state index contributed by atoms with van der Waals surface area (Å²) in [5.74, 6) is -0.294. The van der Waals surface area contributed by atoms with Crippen molar-refractivity contribution in [3.63, 3.8) is 0 Å². The summed E-state index contributed by atoms with van der Waals surface area (Å²) < 4.78 is 0. The summed E-state index contributed by atoms with van der Waals surface area (Å²) in [5, 5.41) is 5.88. The van der Waals surface area contributed by atoms with E-state index in [9.17, 15) is 14.4 Å². The lowest BCUT2D eigenvalue weighted by Crippen LogP contribution is -2.55. The van der Waals surface area contributed by atoms with Gasteiger partial charge in [-0.25, -0.2) is 0 Å². The van der Waals surface area contributed by atoms with Crippen molar-refractivity contribution in [3.8, 4) is 0 Å². The second-order valence-corrected chi connectivity index (χ2v) is 9.85. The first-order chi connectivity index (χ1) is 16.3. The average Bonchev–Trinajstić information content (AvgIpc) is 2.87. The normalized spacial score (nSPS) is 20.3. The average molecular weight is 472 g/mol. The summed E-state index contributed by atoms with van der Waals surface area (Å²) in [5.41, 5.74) is 7.85. The van der Waals surface area contributed by atoms with Crippen molar-refractivity contribution in [1.82, 2.24) is 15.1 Å². The Kier molecular flexibility index (Phi) is 9.47. The fourth-order valence-corrected chi connectivity index (χ4v) is 4.90. The topological polar surface area (TPSA) is 108 Å². The molecule has 0 aromatic heterocycles. The standard InChI is InChI=1S/C26H41N5O3/c1-4-22(32)29-24(26(34)31-16-14-30(3)15-17-31)18(2)19-10-12-21(13-11-19)28-25(33)23(27)20-8-6-5-7-9-20/h10-13,18,20,23-24H,4-9,14-17,27H2,1-3H3,(H,28,33)(H,29,32)/t18-,23-,24+/m0/s1. The van der Waals surface area contributed by atoms with E-state index in [0.29, 0.717) is 25.2 Å². The van der Waals surface area contributed by atoms with E-state index in [4.69, 9.17) is 5.73 Å². The lowest BCUT2D eigenvalue weighted by molar-refractivity contribution is -0.138. The second-order valence-electron chi connectivity index (χ2n) is 9.85. The Labute approximate surface area is 203 Å². The molecular formula is C26H41N5O3. The summed E-state index contributed by atoms with van der Waals surface area (Å²) in [4.78, 5) is 42.2. The van der Waals surface area contributed by atoms with Crippen LogP contribution in [0.15, 0.2) is 24.3 Å². The smallest absolute Gasteiger partial charge is 0.245 e. The maximum Gasteiger partial charge on any atom is 0.245 e. The lowest BCUT2D eigenvalue weighted by Gasteiger charge is -2.36. The van der Waals surface area contributed by atoms with E-state index in [2.05, 4.69) is 15.5 Å². The van der Waals surface area contributed by atoms with Crippen molar-refractivity contribution in [2.24, 2.45) is 11.7 Å². The van der Waals surface area contributed by atoms with Gasteiger partial charge in [-0.1, -0.05) is 45.2 Å². The van der Waals surface area contributed by atoms with E-state index in [-0.39, 0.29) is 29.6 Å². The van der Waals surface area contributed by atoms with Gasteiger partial charge in [0.1, 0.15) is 6.04 Å². The van der Waals surface area contributed by atoms with Gasteiger partial charge in [-0.05, 0) is 43.5 Å². The summed E-state index contributed by atoms with van der Waals surface area (Å²) in [6.45, 7) is 6.71. The van der Waals surface area contributed by atoms with E-state index in [1.165, 1.54) is 6.42 Å². The molecule has 2 fully saturated rings. The zero-order valence-electron chi connectivity index (χ0n) is 20.9. The Hall–Kier alpha value is -2.45. The minimum absolute atomic E-state index is 0.0433. The van der Waals surface area contributed by atoms with Crippen LogP contribution in [0.2, 0.25) is 0 Å². The zero-order valence-corrected chi connectivity index (χ0v) is 20.9. The number of carbonyl (C=O) groups excluding carboxylic acids is 3. The number of anilines is 1. The summed E-state index contributed by atoms with van der Waals surface area (Å²) in [6.07, 6.45) is 5.85. The van der Waals surface area contributed by atoms with E-state index >= 15 is 0 Å². The van der Waals surface area contributed by atoms with Crippen molar-refractivity contribution < 1.29 is 14.4 Å². The first-order valence-electron chi connectivity index (χ1n) is 12.7. The largest absolute Gasteiger partial charge is 0.344 e. The molecule has 1 aromatic rings. The van der Waals surface area contributed by atoms with Gasteiger partial charge in [0.15, 0.2) is 0 Å². The van der Waals surface area contributed by atoms with Gasteiger partial charge >= 0.3 is 0 Å². The molecule has 1 aliphatic heterocycles. The number of rotatable bonds is 8. The number of amides is 3. The number of nitrogens with one attached hydrogen (secondary N) is 2. The van der Waals surface area contributed by atoms with Crippen LogP contribution in [0.5, 0.6) is 0 Å². The molecule has 2 aliphatic rings. The van der Waals surface area contributed by atoms with Crippen LogP contribution in [0.4, 0.5) is 5.69 Å². The van der Waals surface area contributed by atoms with E-state index in [1.54, 1.807) is 6.92 Å². The number of nitrogens with two attached hydrogens (primary N) is 1. The molecule has 8 nitrogen and oxygen atoms in total. The number of hydrogen-bond acceptors (Lipinski definition) is 5. The van der Waals surface area contributed by atoms with Crippen LogP contribution >= 0.6 is 0 Å². The van der Waals surface area contributed by atoms with Gasteiger partial charge in [-0.2, -0.15) is 0 Å². The Morgan fingerprint density at radius 3 is 2.24 bits per heavy atom. The Morgan fingerprint density at radius 1 is 1.03 bits per heavy atom. The van der Waals surface area contributed by atoms with Gasteiger partial charge in [-0.3, -0.25) is 14.4 Å². The van der Waals surface area contributed by atoms with Crippen LogP contribution < -0.4 is 16.4 Å². The Balaban J connectivity index is 1.66. The maximum absolute atomic E-state index is 13.3. The molecule has 1 saturated carbocycles. The predicted molar refractivity (Wildman–Crippen MR) is 134 cm³/mol. The third kappa shape index (κ3) is 6.79. The molecule has 188 valence electrons. The number of piperazine rings is 1. The molecule has 3 amide bonds. The van der Waals surface area contributed by atoms with Crippen LogP contribution in [-0.2, 0) is 14.4 Å². The molecule has 0 radical (unpaired) electrons. The number of likely N-dealkylation sites (N-methyl/N-ethyl adjacent to an activating group) is 1. The van der Waals surface area contributed by atoms with Gasteiger partial charge in [0.25, 0.3) is 0 Å². The lowest BCUT2D eigenvalue weighted by atomic mass is 9.84. The van der Waals surface area contributed by atoms with Crippen LogP contribution in [-0.4, -0.2) is 72.8 Å². The summed E-state index contributed by atoms with van der Waals surface area (Å²) >= 11 is 0. The summed E-state index contributed by atoms with van der Waals surface area (Å²) in [7, 11) is 2.04. The minimum atomic E-state index is -0.629. The molecule has 1 aliphatic carbocycles. The highest BCUT2D eigenvalue weighted by molar-refractivity contribution is 5.95. The van der Waals surface area contributed by atoms with Gasteiger partial charge in [-0.15, -0.1) is 0 Å². The Bertz CT molecular complexity index is 829. The molecule has 1 heterocycles. The van der Waals surface area contributed by atoms with E-state index in [1.807, 2.05) is 43.1 Å². The molecule has 4 N–H and O–H groups in total. The van der Waals surface area contributed by atoms with Gasteiger partial charge in [0.2, 0.25) is 17.7 Å². The monoisotopic (exact) mass is 471 g/mol. The highest BCUT2D eigenvalue weighted by Crippen LogP contribution is 2.27. The highest BCUT2D eigenvalue weighted by atomic mass is 16.2. The highest BCUT2D eigenvalue weighted by Gasteiger charge is 2.32. The van der Waals surface area contributed by atoms with E-state index in [0.717, 1.165) is 44.3 Å². The van der Waals surface area contributed by atoms with Crippen molar-refractivity contribution >= 4 is 23.4 Å². The number of nitrogens with zero attached hydrogens (tertiary/aromatic N) is 2. The fraction of sp³-hybridized carbons (Fsp3) is 0.654. The van der Waals surface area contributed by atoms with Gasteiger partial charge in [0.05, 0.1) is 6.04 Å². The van der Waals surface area contributed by atoms with Crippen molar-refractivity contribution in [2.75, 3.05) is 38.5 Å². The van der Waals surface area contributed by atoms with Crippen molar-refractivity contribution in [1.29, 1.82) is 0 Å². The Morgan fingerprint density at radius 2 is 1.65 bits per heavy atom. The third-order valence-electron chi connectivity index (χ3n) is 7.38. The fourth-order valence-electron chi connectivity index (χ4n) is 4.90. The van der Waals surface area contributed by atoms with Crippen molar-refractivity contribution in [3.05, 3.63) is 29.8 Å². The van der Waals surface area contributed by atoms with Crippen LogP contribution in [0.3, 0.4) is 0 Å². The number of benzene rings is 1. The minimum Gasteiger partial charge on any atom is -0.344 e. The first kappa shape index (κ1) is 26.2. The van der Waals surface area contributed by atoms with Gasteiger partial charge < -0.3 is 26.2 Å². The van der Waals surface area contributed by atoms with Crippen LogP contribution in [0, 0.1) is 5.92 Å². The molecule has 1 saturated heterocycles. The molecule has 0 bridgehead atoms. The zero-order chi connectivity index (χ0) is 24.7. The SMILES string of the molecule is CCC(=O)N[C@@H](C(=O)N1CCN(C)CC1)[C@@H](C)c1ccc(NC(=O)[C@@H](N)C2CCCCC2)cc1. The molecule has 0 unspecified atom stereocenters. The van der Waals surface area contributed by atoms with Crippen LogP contribution in [0.1, 0.15) is 63.9 Å². The molecule has 1 aromatic carbocycles. The van der Waals surface area contributed by atoms with Crippen LogP contribution in [0.25, 0.3) is 0 Å². The number of carbonyl (C=O) groups is 3. The van der Waals surface area contributed by atoms with Gasteiger partial charge in [0, 0.05) is 44.2 Å². The molecule has 0 spiro atoms. The third-order valence-corrected chi connectivity index (χ3v) is 7.38. The first-order valence-corrected chi connectivity index (χ1v) is 12.7. The molecule has 34 heavy (non-hydrogen) atoms. The molecular weight excluding hydrogens is 430 g/mol. The molecule has 8 heteroatoms. The molecule has 3 rings (SSSR count). The summed E-state index contributed by atoms with van der Waals surface area (Å²) in [6, 6.07) is 6.39. The number of hydrogen-bond donors (Lipinski definition) is 3. The van der Waals surface area contributed by atoms with Crippen molar-refractivity contribution in [2.45, 2.75) is 70.4 Å². The predicted octanol–water partition coefficient (Wildman–Crippen LogP) is 2.31. The maximum atomic E-state index is 13.3. The molecule has 3 atom stereocenters. The van der Waals surface area contributed by atoms with E-state index < -0.39 is 12.1 Å².